The van der Waals surface area contributed by atoms with Crippen molar-refractivity contribution in [2.75, 3.05) is 6.54 Å². The summed E-state index contributed by atoms with van der Waals surface area (Å²) in [7, 11) is 1.78. The molecule has 1 aromatic heterocycles. The first kappa shape index (κ1) is 20.6. The van der Waals surface area contributed by atoms with Crippen LogP contribution in [0.5, 0.6) is 11.5 Å². The van der Waals surface area contributed by atoms with Gasteiger partial charge in [-0.05, 0) is 48.6 Å². The van der Waals surface area contributed by atoms with E-state index in [2.05, 4.69) is 15.5 Å². The van der Waals surface area contributed by atoms with Gasteiger partial charge in [-0.1, -0.05) is 12.1 Å². The lowest BCUT2D eigenvalue weighted by Gasteiger charge is -2.11. The summed E-state index contributed by atoms with van der Waals surface area (Å²) in [5, 5.41) is 9.49. The van der Waals surface area contributed by atoms with Crippen LogP contribution in [-0.2, 0) is 19.6 Å². The van der Waals surface area contributed by atoms with E-state index >= 15 is 0 Å². The number of carbonyl (C=O) groups excluding carboxylic acids is 1. The number of ether oxygens (including phenoxy) is 1. The number of halogens is 3. The molecule has 2 N–H and O–H groups in total. The largest absolute Gasteiger partial charge is 0.457 e. The highest BCUT2D eigenvalue weighted by Crippen LogP contribution is 2.32. The minimum Gasteiger partial charge on any atom is -0.457 e. The molecule has 152 valence electrons. The number of nitrogens with one attached hydrogen (secondary N) is 2. The lowest BCUT2D eigenvalue weighted by atomic mass is 10.2. The molecule has 0 saturated carbocycles. The van der Waals surface area contributed by atoms with Crippen LogP contribution < -0.4 is 10.1 Å². The van der Waals surface area contributed by atoms with E-state index in [1.54, 1.807) is 29.8 Å². The van der Waals surface area contributed by atoms with Crippen LogP contribution in [0.3, 0.4) is 0 Å². The Morgan fingerprint density at radius 1 is 1.21 bits per heavy atom. The molecule has 3 rings (SSSR count). The van der Waals surface area contributed by atoms with E-state index in [0.29, 0.717) is 29.1 Å². The van der Waals surface area contributed by atoms with Gasteiger partial charge in [-0.2, -0.15) is 18.3 Å². The summed E-state index contributed by atoms with van der Waals surface area (Å²) < 4.78 is 46.2. The van der Waals surface area contributed by atoms with Crippen molar-refractivity contribution in [3.8, 4) is 11.5 Å². The van der Waals surface area contributed by atoms with Crippen molar-refractivity contribution in [1.29, 1.82) is 0 Å². The summed E-state index contributed by atoms with van der Waals surface area (Å²) in [5.41, 5.74) is -0.484. The van der Waals surface area contributed by atoms with Gasteiger partial charge in [0, 0.05) is 25.6 Å². The molecule has 0 saturated heterocycles. The smallest absolute Gasteiger partial charge is 0.416 e. The second kappa shape index (κ2) is 8.48. The Morgan fingerprint density at radius 2 is 1.90 bits per heavy atom. The van der Waals surface area contributed by atoms with Crippen LogP contribution in [0, 0.1) is 4.77 Å². The molecule has 0 radical (unpaired) electrons. The zero-order valence-corrected chi connectivity index (χ0v) is 16.1. The SMILES string of the molecule is Cn1c(CCNC(=O)c2cccc(Oc3cccc(C(F)(F)F)c3)c2)n[nH]c1=S. The molecule has 2 aromatic carbocycles. The van der Waals surface area contributed by atoms with E-state index in [-0.39, 0.29) is 17.4 Å². The van der Waals surface area contributed by atoms with Crippen molar-refractivity contribution in [2.45, 2.75) is 12.6 Å². The van der Waals surface area contributed by atoms with Crippen molar-refractivity contribution in [3.63, 3.8) is 0 Å². The van der Waals surface area contributed by atoms with Crippen LogP contribution in [0.15, 0.2) is 48.5 Å². The number of aromatic amines is 1. The Hall–Kier alpha value is -3.14. The van der Waals surface area contributed by atoms with E-state index in [0.717, 1.165) is 12.1 Å². The first-order chi connectivity index (χ1) is 13.7. The number of alkyl halides is 3. The summed E-state index contributed by atoms with van der Waals surface area (Å²) in [6.07, 6.45) is -3.98. The summed E-state index contributed by atoms with van der Waals surface area (Å²) in [6.45, 7) is 0.338. The Bertz CT molecular complexity index is 1080. The number of aromatic nitrogens is 3. The monoisotopic (exact) mass is 422 g/mol. The molecule has 0 atom stereocenters. The van der Waals surface area contributed by atoms with Crippen molar-refractivity contribution >= 4 is 18.1 Å². The van der Waals surface area contributed by atoms with E-state index in [1.165, 1.54) is 18.2 Å². The number of rotatable bonds is 6. The van der Waals surface area contributed by atoms with Gasteiger partial charge in [-0.3, -0.25) is 9.89 Å². The van der Waals surface area contributed by atoms with Gasteiger partial charge in [0.2, 0.25) is 0 Å². The van der Waals surface area contributed by atoms with Crippen molar-refractivity contribution in [3.05, 3.63) is 70.3 Å². The topological polar surface area (TPSA) is 71.9 Å². The molecule has 1 amide bonds. The van der Waals surface area contributed by atoms with E-state index in [4.69, 9.17) is 17.0 Å². The molecule has 0 unspecified atom stereocenters. The van der Waals surface area contributed by atoms with Crippen LogP contribution in [0.2, 0.25) is 0 Å². The normalized spacial score (nSPS) is 11.3. The van der Waals surface area contributed by atoms with Gasteiger partial charge in [-0.15, -0.1) is 0 Å². The number of H-pyrrole nitrogens is 1. The van der Waals surface area contributed by atoms with Crippen molar-refractivity contribution in [2.24, 2.45) is 7.05 Å². The van der Waals surface area contributed by atoms with Crippen LogP contribution >= 0.6 is 12.2 Å². The standard InChI is InChI=1S/C19H17F3N4O2S/c1-26-16(24-25-18(26)29)8-9-23-17(27)12-4-2-6-14(10-12)28-15-7-3-5-13(11-15)19(20,21)22/h2-7,10-11H,8-9H2,1H3,(H,23,27)(H,25,29). The van der Waals surface area contributed by atoms with Crippen LogP contribution in [0.4, 0.5) is 13.2 Å². The van der Waals surface area contributed by atoms with Crippen LogP contribution in [-0.4, -0.2) is 27.2 Å². The van der Waals surface area contributed by atoms with Gasteiger partial charge in [0.05, 0.1) is 5.56 Å². The molecule has 3 aromatic rings. The van der Waals surface area contributed by atoms with Gasteiger partial charge in [0.25, 0.3) is 5.91 Å². The molecule has 29 heavy (non-hydrogen) atoms. The average Bonchev–Trinajstić information content (AvgIpc) is 3.00. The van der Waals surface area contributed by atoms with Gasteiger partial charge in [0.15, 0.2) is 4.77 Å². The van der Waals surface area contributed by atoms with Crippen molar-refractivity contribution < 1.29 is 22.7 Å². The van der Waals surface area contributed by atoms with E-state index in [9.17, 15) is 18.0 Å². The fourth-order valence-electron chi connectivity index (χ4n) is 2.57. The highest BCUT2D eigenvalue weighted by Gasteiger charge is 2.30. The Balaban J connectivity index is 1.64. The summed E-state index contributed by atoms with van der Waals surface area (Å²) in [4.78, 5) is 12.3. The van der Waals surface area contributed by atoms with Gasteiger partial charge < -0.3 is 14.6 Å². The zero-order chi connectivity index (χ0) is 21.0. The predicted octanol–water partition coefficient (Wildman–Crippen LogP) is 4.26. The van der Waals surface area contributed by atoms with Crippen LogP contribution in [0.25, 0.3) is 0 Å². The highest BCUT2D eigenvalue weighted by molar-refractivity contribution is 7.71. The van der Waals surface area contributed by atoms with Crippen molar-refractivity contribution in [1.82, 2.24) is 20.1 Å². The first-order valence-corrected chi connectivity index (χ1v) is 8.98. The van der Waals surface area contributed by atoms with E-state index in [1.807, 2.05) is 0 Å². The van der Waals surface area contributed by atoms with Gasteiger partial charge >= 0.3 is 6.18 Å². The lowest BCUT2D eigenvalue weighted by molar-refractivity contribution is -0.137. The molecule has 0 aliphatic carbocycles. The summed E-state index contributed by atoms with van der Waals surface area (Å²) in [6, 6.07) is 10.8. The number of hydrogen-bond donors (Lipinski definition) is 2. The second-order valence-corrected chi connectivity index (χ2v) is 6.55. The minimum atomic E-state index is -4.46. The van der Waals surface area contributed by atoms with Gasteiger partial charge in [0.1, 0.15) is 17.3 Å². The minimum absolute atomic E-state index is 0.0307. The Labute approximate surface area is 169 Å². The first-order valence-electron chi connectivity index (χ1n) is 8.57. The second-order valence-electron chi connectivity index (χ2n) is 6.17. The number of amides is 1. The molecule has 0 aliphatic heterocycles. The van der Waals surface area contributed by atoms with Crippen LogP contribution in [0.1, 0.15) is 21.7 Å². The highest BCUT2D eigenvalue weighted by atomic mass is 32.1. The maximum absolute atomic E-state index is 12.8. The number of benzene rings is 2. The number of hydrogen-bond acceptors (Lipinski definition) is 4. The Kier molecular flexibility index (Phi) is 6.02. The fourth-order valence-corrected chi connectivity index (χ4v) is 2.72. The third-order valence-corrected chi connectivity index (χ3v) is 4.47. The summed E-state index contributed by atoms with van der Waals surface area (Å²) in [5.74, 6) is 0.655. The molecule has 1 heterocycles. The molecular formula is C19H17F3N4O2S. The van der Waals surface area contributed by atoms with Gasteiger partial charge in [-0.25, -0.2) is 0 Å². The molecule has 6 nitrogen and oxygen atoms in total. The molecule has 0 aliphatic rings. The third kappa shape index (κ3) is 5.23. The van der Waals surface area contributed by atoms with E-state index < -0.39 is 11.7 Å². The average molecular weight is 422 g/mol. The predicted molar refractivity (Wildman–Crippen MR) is 102 cm³/mol. The zero-order valence-electron chi connectivity index (χ0n) is 15.3. The molecule has 10 heteroatoms. The maximum Gasteiger partial charge on any atom is 0.416 e. The lowest BCUT2D eigenvalue weighted by Crippen LogP contribution is -2.26. The number of nitrogens with zero attached hydrogens (tertiary/aromatic N) is 2. The molecule has 0 bridgehead atoms. The molecule has 0 spiro atoms. The molecule has 0 fully saturated rings. The quantitative estimate of drug-likeness (QED) is 0.583. The number of carbonyl (C=O) groups is 1. The molecular weight excluding hydrogens is 405 g/mol. The maximum atomic E-state index is 12.8. The Morgan fingerprint density at radius 3 is 2.55 bits per heavy atom. The summed E-state index contributed by atoms with van der Waals surface area (Å²) >= 11 is 5.03. The fraction of sp³-hybridized carbons (Fsp3) is 0.211. The third-order valence-electron chi connectivity index (χ3n) is 4.10.